The van der Waals surface area contributed by atoms with Crippen molar-refractivity contribution in [1.82, 2.24) is 4.98 Å². The monoisotopic (exact) mass is 195 g/mol. The van der Waals surface area contributed by atoms with Crippen LogP contribution < -0.4 is 15.8 Å². The molecular formula is C10H17N3O. The van der Waals surface area contributed by atoms with E-state index in [1.165, 1.54) is 0 Å². The average molecular weight is 195 g/mol. The van der Waals surface area contributed by atoms with E-state index in [2.05, 4.69) is 17.2 Å². The molecule has 0 aliphatic rings. The van der Waals surface area contributed by atoms with E-state index >= 15 is 0 Å². The third-order valence-corrected chi connectivity index (χ3v) is 2.00. The van der Waals surface area contributed by atoms with Gasteiger partial charge in [0.05, 0.1) is 7.11 Å². The number of hydrogen-bond acceptors (Lipinski definition) is 4. The molecule has 1 heterocycles. The van der Waals surface area contributed by atoms with Crippen molar-refractivity contribution in [2.75, 3.05) is 19.0 Å². The van der Waals surface area contributed by atoms with Crippen LogP contribution in [0.25, 0.3) is 0 Å². The van der Waals surface area contributed by atoms with Crippen LogP contribution >= 0.6 is 0 Å². The van der Waals surface area contributed by atoms with E-state index < -0.39 is 0 Å². The molecule has 78 valence electrons. The standard InChI is InChI=1S/C10H17N3O/c1-3-8(11)7-12-9-5-4-6-10(13-9)14-2/h4-6,8H,3,7,11H2,1-2H3,(H,12,13). The van der Waals surface area contributed by atoms with Crippen molar-refractivity contribution >= 4 is 5.82 Å². The molecule has 0 fully saturated rings. The van der Waals surface area contributed by atoms with Gasteiger partial charge in [0, 0.05) is 18.7 Å². The molecule has 0 radical (unpaired) electrons. The molecule has 1 aromatic rings. The summed E-state index contributed by atoms with van der Waals surface area (Å²) in [5.74, 6) is 1.41. The normalized spacial score (nSPS) is 12.2. The zero-order valence-electron chi connectivity index (χ0n) is 8.66. The van der Waals surface area contributed by atoms with E-state index in [-0.39, 0.29) is 6.04 Å². The number of pyridine rings is 1. The van der Waals surface area contributed by atoms with Gasteiger partial charge in [-0.25, -0.2) is 0 Å². The molecule has 1 rings (SSSR count). The minimum absolute atomic E-state index is 0.169. The highest BCUT2D eigenvalue weighted by molar-refractivity contribution is 5.37. The molecule has 4 nitrogen and oxygen atoms in total. The van der Waals surface area contributed by atoms with Crippen molar-refractivity contribution in [3.05, 3.63) is 18.2 Å². The van der Waals surface area contributed by atoms with Crippen LogP contribution in [0.3, 0.4) is 0 Å². The third kappa shape index (κ3) is 3.22. The molecule has 1 atom stereocenters. The van der Waals surface area contributed by atoms with Gasteiger partial charge in [0.2, 0.25) is 5.88 Å². The Balaban J connectivity index is 2.50. The fraction of sp³-hybridized carbons (Fsp3) is 0.500. The Morgan fingerprint density at radius 2 is 2.36 bits per heavy atom. The number of rotatable bonds is 5. The first kappa shape index (κ1) is 10.8. The molecule has 0 bridgehead atoms. The maximum atomic E-state index is 5.77. The van der Waals surface area contributed by atoms with Crippen molar-refractivity contribution in [2.24, 2.45) is 5.73 Å². The lowest BCUT2D eigenvalue weighted by molar-refractivity contribution is 0.398. The van der Waals surface area contributed by atoms with Crippen LogP contribution in [-0.2, 0) is 0 Å². The van der Waals surface area contributed by atoms with Crippen LogP contribution in [0.1, 0.15) is 13.3 Å². The van der Waals surface area contributed by atoms with Gasteiger partial charge in [-0.1, -0.05) is 13.0 Å². The lowest BCUT2D eigenvalue weighted by Gasteiger charge is -2.11. The van der Waals surface area contributed by atoms with Gasteiger partial charge in [0.15, 0.2) is 0 Å². The highest BCUT2D eigenvalue weighted by atomic mass is 16.5. The summed E-state index contributed by atoms with van der Waals surface area (Å²) in [6, 6.07) is 5.77. The summed E-state index contributed by atoms with van der Waals surface area (Å²) in [4.78, 5) is 4.21. The van der Waals surface area contributed by atoms with Crippen molar-refractivity contribution < 1.29 is 4.74 Å². The summed E-state index contributed by atoms with van der Waals surface area (Å²) in [6.45, 7) is 2.79. The Hall–Kier alpha value is -1.29. The number of nitrogens with zero attached hydrogens (tertiary/aromatic N) is 1. The highest BCUT2D eigenvalue weighted by Gasteiger charge is 2.00. The molecule has 0 saturated heterocycles. The van der Waals surface area contributed by atoms with Gasteiger partial charge in [0.1, 0.15) is 5.82 Å². The molecule has 0 amide bonds. The lowest BCUT2D eigenvalue weighted by Crippen LogP contribution is -2.28. The Morgan fingerprint density at radius 1 is 1.57 bits per heavy atom. The first-order chi connectivity index (χ1) is 6.76. The number of nitrogens with one attached hydrogen (secondary N) is 1. The molecule has 0 saturated carbocycles. The summed E-state index contributed by atoms with van der Waals surface area (Å²) in [7, 11) is 1.60. The van der Waals surface area contributed by atoms with Crippen molar-refractivity contribution in [3.8, 4) is 5.88 Å². The number of ether oxygens (including phenoxy) is 1. The fourth-order valence-corrected chi connectivity index (χ4v) is 1.01. The van der Waals surface area contributed by atoms with Crippen molar-refractivity contribution in [3.63, 3.8) is 0 Å². The largest absolute Gasteiger partial charge is 0.481 e. The van der Waals surface area contributed by atoms with Crippen LogP contribution in [0.4, 0.5) is 5.82 Å². The van der Waals surface area contributed by atoms with Crippen LogP contribution in [0.2, 0.25) is 0 Å². The molecule has 3 N–H and O–H groups in total. The maximum absolute atomic E-state index is 5.77. The van der Waals surface area contributed by atoms with Gasteiger partial charge >= 0.3 is 0 Å². The third-order valence-electron chi connectivity index (χ3n) is 2.00. The van der Waals surface area contributed by atoms with E-state index in [4.69, 9.17) is 10.5 Å². The predicted molar refractivity (Wildman–Crippen MR) is 57.5 cm³/mol. The summed E-state index contributed by atoms with van der Waals surface area (Å²) in [5, 5.41) is 3.15. The topological polar surface area (TPSA) is 60.2 Å². The van der Waals surface area contributed by atoms with E-state index in [9.17, 15) is 0 Å². The SMILES string of the molecule is CCC(N)CNc1cccc(OC)n1. The smallest absolute Gasteiger partial charge is 0.214 e. The van der Waals surface area contributed by atoms with E-state index in [0.717, 1.165) is 18.8 Å². The van der Waals surface area contributed by atoms with Crippen LogP contribution in [0, 0.1) is 0 Å². The van der Waals surface area contributed by atoms with Crippen molar-refractivity contribution in [2.45, 2.75) is 19.4 Å². The second-order valence-electron chi connectivity index (χ2n) is 3.11. The summed E-state index contributed by atoms with van der Waals surface area (Å²) in [6.07, 6.45) is 0.955. The maximum Gasteiger partial charge on any atom is 0.214 e. The molecule has 4 heteroatoms. The molecule has 14 heavy (non-hydrogen) atoms. The number of anilines is 1. The number of methoxy groups -OCH3 is 1. The lowest BCUT2D eigenvalue weighted by atomic mass is 10.2. The number of nitrogens with two attached hydrogens (primary N) is 1. The molecular weight excluding hydrogens is 178 g/mol. The van der Waals surface area contributed by atoms with Gasteiger partial charge < -0.3 is 15.8 Å². The van der Waals surface area contributed by atoms with Crippen LogP contribution in [0.15, 0.2) is 18.2 Å². The fourth-order valence-electron chi connectivity index (χ4n) is 1.01. The van der Waals surface area contributed by atoms with Crippen LogP contribution in [-0.4, -0.2) is 24.7 Å². The number of aromatic nitrogens is 1. The van der Waals surface area contributed by atoms with E-state index in [1.807, 2.05) is 18.2 Å². The quantitative estimate of drug-likeness (QED) is 0.742. The van der Waals surface area contributed by atoms with Crippen molar-refractivity contribution in [1.29, 1.82) is 0 Å². The summed E-state index contributed by atoms with van der Waals surface area (Å²) < 4.78 is 5.01. The minimum atomic E-state index is 0.169. The summed E-state index contributed by atoms with van der Waals surface area (Å²) in [5.41, 5.74) is 5.77. The first-order valence-electron chi connectivity index (χ1n) is 4.76. The van der Waals surface area contributed by atoms with Gasteiger partial charge in [-0.15, -0.1) is 0 Å². The average Bonchev–Trinajstić information content (AvgIpc) is 2.26. The Bertz CT molecular complexity index is 278. The Kier molecular flexibility index (Phi) is 4.19. The Morgan fingerprint density at radius 3 is 3.00 bits per heavy atom. The van der Waals surface area contributed by atoms with Gasteiger partial charge in [0.25, 0.3) is 0 Å². The van der Waals surface area contributed by atoms with Gasteiger partial charge in [-0.2, -0.15) is 4.98 Å². The van der Waals surface area contributed by atoms with E-state index in [1.54, 1.807) is 7.11 Å². The van der Waals surface area contributed by atoms with Gasteiger partial charge in [-0.3, -0.25) is 0 Å². The molecule has 0 aliphatic heterocycles. The molecule has 1 unspecified atom stereocenters. The second kappa shape index (κ2) is 5.44. The second-order valence-corrected chi connectivity index (χ2v) is 3.11. The molecule has 0 aliphatic carbocycles. The minimum Gasteiger partial charge on any atom is -0.481 e. The molecule has 1 aromatic heterocycles. The first-order valence-corrected chi connectivity index (χ1v) is 4.76. The molecule has 0 aromatic carbocycles. The zero-order valence-corrected chi connectivity index (χ0v) is 8.66. The Labute approximate surface area is 84.5 Å². The zero-order chi connectivity index (χ0) is 10.4. The number of hydrogen-bond donors (Lipinski definition) is 2. The predicted octanol–water partition coefficient (Wildman–Crippen LogP) is 1.24. The van der Waals surface area contributed by atoms with E-state index in [0.29, 0.717) is 5.88 Å². The highest BCUT2D eigenvalue weighted by Crippen LogP contribution is 2.10. The molecule has 0 spiro atoms. The van der Waals surface area contributed by atoms with Gasteiger partial charge in [-0.05, 0) is 12.5 Å². The van der Waals surface area contributed by atoms with Crippen LogP contribution in [0.5, 0.6) is 5.88 Å². The summed E-state index contributed by atoms with van der Waals surface area (Å²) >= 11 is 0.